The number of hydrogen-bond donors (Lipinski definition) is 4. The third-order valence-corrected chi connectivity index (χ3v) is 5.38. The van der Waals surface area contributed by atoms with Crippen LogP contribution >= 0.6 is 0 Å². The largest absolute Gasteiger partial charge is 0.493 e. The van der Waals surface area contributed by atoms with Gasteiger partial charge in [0.2, 0.25) is 5.91 Å². The third-order valence-electron chi connectivity index (χ3n) is 5.38. The molecule has 1 aromatic rings. The minimum atomic E-state index is -0.130. The molecule has 2 amide bonds. The molecule has 0 aliphatic carbocycles. The maximum atomic E-state index is 12.1. The Labute approximate surface area is 173 Å². The zero-order chi connectivity index (χ0) is 21.2. The Morgan fingerprint density at radius 3 is 2.21 bits per heavy atom. The van der Waals surface area contributed by atoms with Crippen LogP contribution in [0.5, 0.6) is 11.5 Å². The Bertz CT molecular complexity index is 688. The first-order valence-corrected chi connectivity index (χ1v) is 10.4. The summed E-state index contributed by atoms with van der Waals surface area (Å²) in [4.78, 5) is 26.4. The second-order valence-electron chi connectivity index (χ2n) is 7.61. The molecule has 0 atom stereocenters. The van der Waals surface area contributed by atoms with E-state index in [1.165, 1.54) is 20.9 Å². The van der Waals surface area contributed by atoms with E-state index in [2.05, 4.69) is 23.6 Å². The van der Waals surface area contributed by atoms with E-state index in [0.717, 1.165) is 50.6 Å². The van der Waals surface area contributed by atoms with E-state index in [1.54, 1.807) is 14.2 Å². The van der Waals surface area contributed by atoms with Crippen molar-refractivity contribution in [2.45, 2.75) is 26.8 Å². The van der Waals surface area contributed by atoms with Crippen LogP contribution in [0.2, 0.25) is 0 Å². The number of benzene rings is 1. The van der Waals surface area contributed by atoms with Gasteiger partial charge in [-0.2, -0.15) is 0 Å². The number of rotatable bonds is 10. The molecule has 0 spiro atoms. The average molecular weight is 409 g/mol. The fourth-order valence-corrected chi connectivity index (χ4v) is 3.59. The number of aryl methyl sites for hydroxylation is 1. The number of nitrogens with one attached hydrogen (secondary N) is 4. The maximum absolute atomic E-state index is 12.1. The van der Waals surface area contributed by atoms with E-state index in [1.807, 2.05) is 13.0 Å². The Balaban J connectivity index is 1.76. The number of hydrogen-bond acceptors (Lipinski definition) is 4. The van der Waals surface area contributed by atoms with Crippen LogP contribution in [0.15, 0.2) is 12.1 Å². The van der Waals surface area contributed by atoms with E-state index in [9.17, 15) is 9.59 Å². The molecule has 1 fully saturated rings. The lowest BCUT2D eigenvalue weighted by Gasteiger charge is -2.29. The van der Waals surface area contributed by atoms with Crippen LogP contribution in [0, 0.1) is 6.92 Å². The van der Waals surface area contributed by atoms with Crippen molar-refractivity contribution in [3.63, 3.8) is 0 Å². The van der Waals surface area contributed by atoms with Gasteiger partial charge in [0.15, 0.2) is 18.0 Å². The van der Waals surface area contributed by atoms with Crippen molar-refractivity contribution in [2.24, 2.45) is 0 Å². The highest BCUT2D eigenvalue weighted by Crippen LogP contribution is 2.29. The average Bonchev–Trinajstić information content (AvgIpc) is 2.73. The molecule has 1 saturated heterocycles. The Morgan fingerprint density at radius 2 is 1.59 bits per heavy atom. The molecule has 0 radical (unpaired) electrons. The Kier molecular flexibility index (Phi) is 9.21. The van der Waals surface area contributed by atoms with Gasteiger partial charge in [-0.3, -0.25) is 9.59 Å². The van der Waals surface area contributed by atoms with Crippen molar-refractivity contribution in [3.8, 4) is 11.5 Å². The van der Waals surface area contributed by atoms with Gasteiger partial charge in [-0.1, -0.05) is 6.92 Å². The van der Waals surface area contributed by atoms with Crippen molar-refractivity contribution in [1.29, 1.82) is 0 Å². The second kappa shape index (κ2) is 11.6. The SMILES string of the molecule is CCCNC(=O)CNC(=O)C[NH+]1CC[NH+](Cc2cc(OC)c(OC)cc2C)CC1. The van der Waals surface area contributed by atoms with Gasteiger partial charge in [-0.05, 0) is 31.0 Å². The van der Waals surface area contributed by atoms with Crippen LogP contribution in [0.25, 0.3) is 0 Å². The lowest BCUT2D eigenvalue weighted by Crippen LogP contribution is -3.28. The first kappa shape index (κ1) is 23.0. The Morgan fingerprint density at radius 1 is 0.966 bits per heavy atom. The van der Waals surface area contributed by atoms with E-state index in [0.29, 0.717) is 13.1 Å². The summed E-state index contributed by atoms with van der Waals surface area (Å²) in [6.07, 6.45) is 0.888. The number of quaternary nitrogens is 2. The topological polar surface area (TPSA) is 85.5 Å². The summed E-state index contributed by atoms with van der Waals surface area (Å²) in [7, 11) is 3.31. The van der Waals surface area contributed by atoms with Gasteiger partial charge in [0, 0.05) is 12.1 Å². The van der Waals surface area contributed by atoms with E-state index < -0.39 is 0 Å². The summed E-state index contributed by atoms with van der Waals surface area (Å²) in [5.41, 5.74) is 2.46. The normalized spacial score (nSPS) is 18.8. The first-order valence-electron chi connectivity index (χ1n) is 10.4. The highest BCUT2D eigenvalue weighted by Gasteiger charge is 2.25. The predicted octanol–water partition coefficient (Wildman–Crippen LogP) is -2.06. The molecule has 1 aliphatic heterocycles. The van der Waals surface area contributed by atoms with Gasteiger partial charge in [-0.25, -0.2) is 0 Å². The molecule has 1 heterocycles. The van der Waals surface area contributed by atoms with Crippen LogP contribution in [0.4, 0.5) is 0 Å². The van der Waals surface area contributed by atoms with Crippen molar-refractivity contribution in [1.82, 2.24) is 10.6 Å². The summed E-state index contributed by atoms with van der Waals surface area (Å²) in [6, 6.07) is 4.09. The molecule has 0 bridgehead atoms. The number of amides is 2. The van der Waals surface area contributed by atoms with E-state index in [4.69, 9.17) is 9.47 Å². The molecule has 0 aromatic heterocycles. The molecular formula is C21H36N4O4+2. The fraction of sp³-hybridized carbons (Fsp3) is 0.619. The van der Waals surface area contributed by atoms with Crippen molar-refractivity contribution in [2.75, 3.05) is 60.0 Å². The lowest BCUT2D eigenvalue weighted by molar-refractivity contribution is -1.02. The molecule has 4 N–H and O–H groups in total. The quantitative estimate of drug-likeness (QED) is 0.359. The molecule has 2 rings (SSSR count). The summed E-state index contributed by atoms with van der Waals surface area (Å²) in [6.45, 7) is 10.0. The molecule has 29 heavy (non-hydrogen) atoms. The van der Waals surface area contributed by atoms with E-state index >= 15 is 0 Å². The van der Waals surface area contributed by atoms with Crippen LogP contribution < -0.4 is 29.9 Å². The van der Waals surface area contributed by atoms with Crippen LogP contribution in [-0.4, -0.2) is 71.8 Å². The zero-order valence-corrected chi connectivity index (χ0v) is 18.2. The Hall–Kier alpha value is -2.32. The van der Waals surface area contributed by atoms with Crippen molar-refractivity contribution < 1.29 is 28.9 Å². The van der Waals surface area contributed by atoms with Crippen LogP contribution in [0.3, 0.4) is 0 Å². The van der Waals surface area contributed by atoms with E-state index in [-0.39, 0.29) is 18.4 Å². The highest BCUT2D eigenvalue weighted by molar-refractivity contribution is 5.84. The summed E-state index contributed by atoms with van der Waals surface area (Å²) >= 11 is 0. The maximum Gasteiger partial charge on any atom is 0.275 e. The van der Waals surface area contributed by atoms with Gasteiger partial charge in [0.25, 0.3) is 5.91 Å². The van der Waals surface area contributed by atoms with Gasteiger partial charge >= 0.3 is 0 Å². The minimum Gasteiger partial charge on any atom is -0.493 e. The molecule has 8 heteroatoms. The predicted molar refractivity (Wildman–Crippen MR) is 111 cm³/mol. The first-order chi connectivity index (χ1) is 14.0. The van der Waals surface area contributed by atoms with Gasteiger partial charge < -0.3 is 29.9 Å². The summed E-state index contributed by atoms with van der Waals surface area (Å²) < 4.78 is 10.8. The summed E-state index contributed by atoms with van der Waals surface area (Å²) in [5, 5.41) is 5.48. The molecule has 0 saturated carbocycles. The number of piperazine rings is 1. The second-order valence-corrected chi connectivity index (χ2v) is 7.61. The minimum absolute atomic E-state index is 0.0576. The van der Waals surface area contributed by atoms with Gasteiger partial charge in [0.05, 0.1) is 20.8 Å². The zero-order valence-electron chi connectivity index (χ0n) is 18.2. The van der Waals surface area contributed by atoms with Crippen LogP contribution in [-0.2, 0) is 16.1 Å². The van der Waals surface area contributed by atoms with Crippen molar-refractivity contribution in [3.05, 3.63) is 23.3 Å². The molecule has 8 nitrogen and oxygen atoms in total. The fourth-order valence-electron chi connectivity index (χ4n) is 3.59. The molecule has 1 aliphatic rings. The van der Waals surface area contributed by atoms with Gasteiger partial charge in [-0.15, -0.1) is 0 Å². The smallest absolute Gasteiger partial charge is 0.275 e. The lowest BCUT2D eigenvalue weighted by atomic mass is 10.1. The van der Waals surface area contributed by atoms with Gasteiger partial charge in [0.1, 0.15) is 32.7 Å². The number of methoxy groups -OCH3 is 2. The standard InChI is InChI=1S/C21H34N4O4/c1-5-6-22-20(26)13-23-21(27)15-25-9-7-24(8-10-25)14-17-12-19(29-4)18(28-3)11-16(17)2/h11-12H,5-10,13-15H2,1-4H3,(H,22,26)(H,23,27)/p+2. The number of carbonyl (C=O) groups excluding carboxylic acids is 2. The van der Waals surface area contributed by atoms with Crippen LogP contribution in [0.1, 0.15) is 24.5 Å². The molecular weight excluding hydrogens is 372 g/mol. The molecule has 1 aromatic carbocycles. The monoisotopic (exact) mass is 408 g/mol. The highest BCUT2D eigenvalue weighted by atomic mass is 16.5. The van der Waals surface area contributed by atoms with Crippen molar-refractivity contribution >= 4 is 11.8 Å². The molecule has 162 valence electrons. The third kappa shape index (κ3) is 7.21. The molecule has 0 unspecified atom stereocenters. The summed E-state index contributed by atoms with van der Waals surface area (Å²) in [5.74, 6) is 1.32. The number of carbonyl (C=O) groups is 2. The number of ether oxygens (including phenoxy) is 2.